The second kappa shape index (κ2) is 3.68. The largest absolute Gasteiger partial charge is 0.351 e. The number of hydrogen-bond donors (Lipinski definition) is 1. The Labute approximate surface area is 99.6 Å². The molecule has 1 aromatic rings. The average molecular weight is 299 g/mol. The molecule has 0 aliphatic carbocycles. The molecule has 0 fully saturated rings. The first-order chi connectivity index (χ1) is 6.89. The maximum atomic E-state index is 13.5. The fraction of sp³-hybridized carbons (Fsp3) is 0.125. The zero-order valence-corrected chi connectivity index (χ0v) is 9.71. The maximum Gasteiger partial charge on any atom is 0.197 e. The molecule has 1 atom stereocenters. The number of fused-ring (bicyclic) bond motifs is 1. The third-order valence-corrected chi connectivity index (χ3v) is 2.61. The molecule has 1 aliphatic rings. The lowest BCUT2D eigenvalue weighted by Crippen LogP contribution is -2.19. The number of anilines is 1. The van der Waals surface area contributed by atoms with Gasteiger partial charge in [0, 0.05) is 4.47 Å². The number of aliphatic imine (C=N–C) groups is 1. The summed E-state index contributed by atoms with van der Waals surface area (Å²) >= 11 is 14.5. The van der Waals surface area contributed by atoms with E-state index in [1.807, 2.05) is 0 Å². The predicted molar refractivity (Wildman–Crippen MR) is 59.8 cm³/mol. The van der Waals surface area contributed by atoms with E-state index < -0.39 is 11.4 Å². The SMILES string of the molecule is [2H]C1(Cl)N=C(Cl)c2c(F)cc(Br)cc2N1. The number of benzene rings is 1. The van der Waals surface area contributed by atoms with Crippen molar-refractivity contribution in [2.45, 2.75) is 5.60 Å². The molecule has 2 rings (SSSR count). The van der Waals surface area contributed by atoms with E-state index in [2.05, 4.69) is 26.2 Å². The summed E-state index contributed by atoms with van der Waals surface area (Å²) in [5, 5.41) is 2.43. The van der Waals surface area contributed by atoms with Gasteiger partial charge in [-0.1, -0.05) is 39.1 Å². The van der Waals surface area contributed by atoms with Gasteiger partial charge in [-0.05, 0) is 12.1 Å². The van der Waals surface area contributed by atoms with E-state index in [1.54, 1.807) is 6.07 Å². The molecule has 1 aliphatic heterocycles. The van der Waals surface area contributed by atoms with E-state index in [-0.39, 0.29) is 10.7 Å². The van der Waals surface area contributed by atoms with Gasteiger partial charge in [0.15, 0.2) is 5.60 Å². The van der Waals surface area contributed by atoms with Crippen molar-refractivity contribution in [3.8, 4) is 0 Å². The third kappa shape index (κ3) is 1.74. The van der Waals surface area contributed by atoms with Crippen LogP contribution in [0.25, 0.3) is 0 Å². The van der Waals surface area contributed by atoms with Crippen molar-refractivity contribution < 1.29 is 5.76 Å². The van der Waals surface area contributed by atoms with Crippen molar-refractivity contribution in [3.63, 3.8) is 0 Å². The molecule has 0 saturated carbocycles. The van der Waals surface area contributed by atoms with Gasteiger partial charge in [0.2, 0.25) is 0 Å². The van der Waals surface area contributed by atoms with E-state index in [4.69, 9.17) is 24.6 Å². The average Bonchev–Trinajstić information content (AvgIpc) is 1.97. The maximum absolute atomic E-state index is 13.5. The van der Waals surface area contributed by atoms with Gasteiger partial charge in [-0.15, -0.1) is 0 Å². The number of hydrogen-bond acceptors (Lipinski definition) is 2. The molecule has 1 N–H and O–H groups in total. The van der Waals surface area contributed by atoms with Crippen LogP contribution in [0.5, 0.6) is 0 Å². The number of rotatable bonds is 0. The van der Waals surface area contributed by atoms with Gasteiger partial charge in [0.1, 0.15) is 11.0 Å². The van der Waals surface area contributed by atoms with E-state index in [0.29, 0.717) is 10.2 Å². The topological polar surface area (TPSA) is 24.4 Å². The molecule has 0 amide bonds. The number of alkyl halides is 1. The molecule has 74 valence electrons. The number of halogens is 4. The standard InChI is InChI=1S/C8H4BrCl2FN2/c9-3-1-4(12)6-5(2-3)13-8(11)14-7(6)10/h1-2,8,13H/i8D. The normalized spacial score (nSPS) is 26.0. The lowest BCUT2D eigenvalue weighted by molar-refractivity contribution is 0.624. The van der Waals surface area contributed by atoms with Gasteiger partial charge >= 0.3 is 0 Å². The summed E-state index contributed by atoms with van der Waals surface area (Å²) < 4.78 is 21.5. The molecular weight excluding hydrogens is 294 g/mol. The van der Waals surface area contributed by atoms with Crippen LogP contribution in [0.1, 0.15) is 6.93 Å². The predicted octanol–water partition coefficient (Wildman–Crippen LogP) is 3.52. The lowest BCUT2D eigenvalue weighted by atomic mass is 10.1. The van der Waals surface area contributed by atoms with E-state index >= 15 is 0 Å². The zero-order chi connectivity index (χ0) is 11.2. The van der Waals surface area contributed by atoms with Crippen LogP contribution in [-0.2, 0) is 0 Å². The summed E-state index contributed by atoms with van der Waals surface area (Å²) in [4.78, 5) is 3.59. The monoisotopic (exact) mass is 297 g/mol. The Balaban J connectivity index is 2.65. The second-order valence-electron chi connectivity index (χ2n) is 2.63. The Kier molecular flexibility index (Phi) is 2.35. The number of nitrogens with zero attached hydrogens (tertiary/aromatic N) is 1. The quantitative estimate of drug-likeness (QED) is 0.575. The van der Waals surface area contributed by atoms with Gasteiger partial charge in [0.25, 0.3) is 0 Å². The zero-order valence-electron chi connectivity index (χ0n) is 7.61. The molecule has 1 aromatic carbocycles. The van der Waals surface area contributed by atoms with Crippen molar-refractivity contribution in [2.75, 3.05) is 5.32 Å². The van der Waals surface area contributed by atoms with E-state index in [1.165, 1.54) is 6.07 Å². The molecule has 1 unspecified atom stereocenters. The van der Waals surface area contributed by atoms with Gasteiger partial charge in [-0.3, -0.25) is 0 Å². The van der Waals surface area contributed by atoms with Gasteiger partial charge in [-0.25, -0.2) is 9.38 Å². The van der Waals surface area contributed by atoms with Crippen LogP contribution < -0.4 is 5.32 Å². The lowest BCUT2D eigenvalue weighted by Gasteiger charge is -2.19. The molecule has 1 heterocycles. The highest BCUT2D eigenvalue weighted by atomic mass is 79.9. The molecule has 6 heteroatoms. The summed E-state index contributed by atoms with van der Waals surface area (Å²) in [5.74, 6) is -0.521. The molecule has 0 bridgehead atoms. The highest BCUT2D eigenvalue weighted by Gasteiger charge is 2.21. The summed E-state index contributed by atoms with van der Waals surface area (Å²) in [6, 6.07) is 2.85. The smallest absolute Gasteiger partial charge is 0.197 e. The highest BCUT2D eigenvalue weighted by Crippen LogP contribution is 2.30. The van der Waals surface area contributed by atoms with Crippen molar-refractivity contribution in [1.29, 1.82) is 0 Å². The molecular formula is C8H4BrCl2FN2. The molecule has 0 spiro atoms. The summed E-state index contributed by atoms with van der Waals surface area (Å²) in [6.07, 6.45) is 0. The van der Waals surface area contributed by atoms with Crippen LogP contribution in [-0.4, -0.2) is 10.8 Å². The van der Waals surface area contributed by atoms with Gasteiger partial charge < -0.3 is 5.32 Å². The summed E-state index contributed by atoms with van der Waals surface area (Å²) in [5.41, 5.74) is -1.31. The minimum atomic E-state index is -1.78. The highest BCUT2D eigenvalue weighted by molar-refractivity contribution is 9.10. The Bertz CT molecular complexity index is 464. The van der Waals surface area contributed by atoms with Crippen LogP contribution in [0.3, 0.4) is 0 Å². The molecule has 0 radical (unpaired) electrons. The summed E-state index contributed by atoms with van der Waals surface area (Å²) in [6.45, 7) is 0. The Morgan fingerprint density at radius 1 is 1.64 bits per heavy atom. The van der Waals surface area contributed by atoms with Crippen LogP contribution in [0.4, 0.5) is 10.1 Å². The Hall–Kier alpha value is -0.320. The fourth-order valence-corrected chi connectivity index (χ4v) is 2.10. The van der Waals surface area contributed by atoms with Crippen LogP contribution >= 0.6 is 39.1 Å². The van der Waals surface area contributed by atoms with Gasteiger partial charge in [0.05, 0.1) is 12.6 Å². The van der Waals surface area contributed by atoms with Gasteiger partial charge in [-0.2, -0.15) is 0 Å². The van der Waals surface area contributed by atoms with Crippen molar-refractivity contribution in [3.05, 3.63) is 28.0 Å². The molecule has 2 nitrogen and oxygen atoms in total. The van der Waals surface area contributed by atoms with Crippen LogP contribution in [0.15, 0.2) is 21.6 Å². The molecule has 14 heavy (non-hydrogen) atoms. The van der Waals surface area contributed by atoms with Crippen molar-refractivity contribution >= 4 is 50.0 Å². The fourth-order valence-electron chi connectivity index (χ4n) is 1.16. The van der Waals surface area contributed by atoms with Crippen molar-refractivity contribution in [1.82, 2.24) is 0 Å². The first-order valence-electron chi connectivity index (χ1n) is 4.11. The first-order valence-corrected chi connectivity index (χ1v) is 5.16. The second-order valence-corrected chi connectivity index (χ2v) is 4.26. The van der Waals surface area contributed by atoms with E-state index in [9.17, 15) is 4.39 Å². The third-order valence-electron chi connectivity index (χ3n) is 1.70. The minimum Gasteiger partial charge on any atom is -0.351 e. The number of nitrogens with one attached hydrogen (secondary N) is 1. The van der Waals surface area contributed by atoms with E-state index in [0.717, 1.165) is 0 Å². The van der Waals surface area contributed by atoms with Crippen LogP contribution in [0.2, 0.25) is 0 Å². The molecule has 0 saturated heterocycles. The first kappa shape index (κ1) is 8.95. The summed E-state index contributed by atoms with van der Waals surface area (Å²) in [7, 11) is 0. The Morgan fingerprint density at radius 3 is 3.07 bits per heavy atom. The van der Waals surface area contributed by atoms with Crippen molar-refractivity contribution in [2.24, 2.45) is 4.99 Å². The molecule has 0 aromatic heterocycles. The van der Waals surface area contributed by atoms with Crippen LogP contribution in [0, 0.1) is 5.82 Å². The Morgan fingerprint density at radius 2 is 2.36 bits per heavy atom. The minimum absolute atomic E-state index is 0.112.